The van der Waals surface area contributed by atoms with Crippen LogP contribution in [0.25, 0.3) is 0 Å². The summed E-state index contributed by atoms with van der Waals surface area (Å²) in [5.41, 5.74) is 4.76. The number of aromatic nitrogens is 3. The van der Waals surface area contributed by atoms with Crippen LogP contribution in [-0.4, -0.2) is 50.6 Å². The number of primary amides is 1. The third-order valence-electron chi connectivity index (χ3n) is 0.616. The molecule has 0 aliphatic rings. The van der Waals surface area contributed by atoms with Gasteiger partial charge in [-0.2, -0.15) is 10.2 Å². The molecule has 0 aliphatic carbocycles. The predicted octanol–water partition coefficient (Wildman–Crippen LogP) is -1.44. The molecule has 0 aliphatic heterocycles. The van der Waals surface area contributed by atoms with Gasteiger partial charge in [0.2, 0.25) is 0 Å². The van der Waals surface area contributed by atoms with E-state index < -0.39 is 6.03 Å². The van der Waals surface area contributed by atoms with E-state index in [4.69, 9.17) is 5.73 Å². The van der Waals surface area contributed by atoms with Crippen LogP contribution in [0.2, 0.25) is 0 Å². The van der Waals surface area contributed by atoms with E-state index in [0.717, 1.165) is 4.80 Å². The minimum atomic E-state index is -0.671. The Labute approximate surface area is 73.5 Å². The van der Waals surface area contributed by atoms with Gasteiger partial charge in [0.05, 0.1) is 12.4 Å². The van der Waals surface area contributed by atoms with Crippen molar-refractivity contribution in [2.45, 2.75) is 0 Å². The molecule has 0 fully saturated rings. The number of amides is 1. The minimum absolute atomic E-state index is 0. The van der Waals surface area contributed by atoms with Crippen molar-refractivity contribution in [1.29, 1.82) is 0 Å². The van der Waals surface area contributed by atoms with Gasteiger partial charge in [-0.15, -0.1) is 0 Å². The molecule has 2 N–H and O–H groups in total. The molecule has 0 radical (unpaired) electrons. The summed E-state index contributed by atoms with van der Waals surface area (Å²) in [5.74, 6) is 0. The summed E-state index contributed by atoms with van der Waals surface area (Å²) in [7, 11) is 0. The fourth-order valence-electron chi connectivity index (χ4n) is 0.330. The average molecular weight is 136 g/mol. The van der Waals surface area contributed by atoms with Crippen LogP contribution in [-0.2, 0) is 0 Å². The molecule has 6 heteroatoms. The number of hydrogen-bond donors (Lipinski definition) is 1. The number of rotatable bonds is 0. The maximum absolute atomic E-state index is 10.1. The van der Waals surface area contributed by atoms with Crippen LogP contribution < -0.4 is 5.73 Å². The molecule has 0 unspecified atom stereocenters. The number of hydrogen-bond acceptors (Lipinski definition) is 3. The van der Waals surface area contributed by atoms with Crippen LogP contribution in [0.3, 0.4) is 0 Å². The summed E-state index contributed by atoms with van der Waals surface area (Å²) >= 11 is 0. The van der Waals surface area contributed by atoms with E-state index in [1.165, 1.54) is 12.4 Å². The van der Waals surface area contributed by atoms with Crippen LogP contribution >= 0.6 is 0 Å². The zero-order valence-electron chi connectivity index (χ0n) is 3.98. The third kappa shape index (κ3) is 2.13. The summed E-state index contributed by atoms with van der Waals surface area (Å²) < 4.78 is 0. The summed E-state index contributed by atoms with van der Waals surface area (Å²) in [4.78, 5) is 10.9. The molecular weight excluding hydrogens is 131 g/mol. The Morgan fingerprint density at radius 1 is 1.44 bits per heavy atom. The van der Waals surface area contributed by atoms with E-state index in [-0.39, 0.29) is 29.6 Å². The zero-order valence-corrected chi connectivity index (χ0v) is 3.98. The SMILES string of the molecule is NC(=O)n1nccn1.[NaH]. The number of carbonyl (C=O) groups excluding carboxylic acids is 1. The molecule has 44 valence electrons. The van der Waals surface area contributed by atoms with E-state index in [9.17, 15) is 4.79 Å². The molecule has 0 bridgehead atoms. The first kappa shape index (κ1) is 8.61. The molecule has 1 aromatic heterocycles. The van der Waals surface area contributed by atoms with E-state index in [1.54, 1.807) is 0 Å². The van der Waals surface area contributed by atoms with Crippen LogP contribution in [0.1, 0.15) is 0 Å². The van der Waals surface area contributed by atoms with Gasteiger partial charge in [0, 0.05) is 0 Å². The Balaban J connectivity index is 0.000000640. The van der Waals surface area contributed by atoms with Gasteiger partial charge in [0.1, 0.15) is 0 Å². The van der Waals surface area contributed by atoms with E-state index >= 15 is 0 Å². The Morgan fingerprint density at radius 3 is 2.11 bits per heavy atom. The molecule has 0 saturated heterocycles. The molecule has 0 spiro atoms. The first-order chi connectivity index (χ1) is 3.80. The van der Waals surface area contributed by atoms with Crippen molar-refractivity contribution >= 4 is 35.6 Å². The Hall–Kier alpha value is -0.390. The maximum atomic E-state index is 10.1. The molecule has 5 nitrogen and oxygen atoms in total. The molecule has 9 heavy (non-hydrogen) atoms. The Kier molecular flexibility index (Phi) is 3.44. The molecule has 1 heterocycles. The second-order valence-electron chi connectivity index (χ2n) is 1.16. The van der Waals surface area contributed by atoms with Crippen molar-refractivity contribution < 1.29 is 4.79 Å². The fraction of sp³-hybridized carbons (Fsp3) is 0. The quantitative estimate of drug-likeness (QED) is 0.444. The van der Waals surface area contributed by atoms with E-state index in [0.29, 0.717) is 0 Å². The van der Waals surface area contributed by atoms with E-state index in [1.807, 2.05) is 0 Å². The first-order valence-electron chi connectivity index (χ1n) is 1.97. The number of nitrogens with two attached hydrogens (primary N) is 1. The van der Waals surface area contributed by atoms with Crippen molar-refractivity contribution in [2.24, 2.45) is 5.73 Å². The zero-order chi connectivity index (χ0) is 5.98. The van der Waals surface area contributed by atoms with Gasteiger partial charge >= 0.3 is 35.6 Å². The monoisotopic (exact) mass is 136 g/mol. The average Bonchev–Trinajstić information content (AvgIpc) is 2.12. The first-order valence-corrected chi connectivity index (χ1v) is 1.97. The van der Waals surface area contributed by atoms with E-state index in [2.05, 4.69) is 10.2 Å². The number of carbonyl (C=O) groups is 1. The molecule has 1 aromatic rings. The van der Waals surface area contributed by atoms with Crippen LogP contribution in [0.4, 0.5) is 4.79 Å². The second kappa shape index (κ2) is 3.60. The van der Waals surface area contributed by atoms with Gasteiger partial charge in [-0.1, -0.05) is 4.80 Å². The second-order valence-corrected chi connectivity index (χ2v) is 1.16. The molecular formula is C3H5N4NaO. The normalized spacial score (nSPS) is 8.00. The molecule has 1 rings (SSSR count). The van der Waals surface area contributed by atoms with Crippen LogP contribution in [0.5, 0.6) is 0 Å². The van der Waals surface area contributed by atoms with Gasteiger partial charge in [-0.05, 0) is 0 Å². The summed E-state index contributed by atoms with van der Waals surface area (Å²) in [6.45, 7) is 0. The fourth-order valence-corrected chi connectivity index (χ4v) is 0.330. The molecule has 0 aromatic carbocycles. The van der Waals surface area contributed by atoms with Crippen molar-refractivity contribution in [2.75, 3.05) is 0 Å². The summed E-state index contributed by atoms with van der Waals surface area (Å²) in [6.07, 6.45) is 2.76. The predicted molar refractivity (Wildman–Crippen MR) is 32.2 cm³/mol. The third-order valence-corrected chi connectivity index (χ3v) is 0.616. The van der Waals surface area contributed by atoms with Crippen molar-refractivity contribution in [3.05, 3.63) is 12.4 Å². The van der Waals surface area contributed by atoms with Gasteiger partial charge in [-0.25, -0.2) is 4.79 Å². The molecule has 1 amide bonds. The summed E-state index contributed by atoms with van der Waals surface area (Å²) in [5, 5.41) is 6.89. The Morgan fingerprint density at radius 2 is 1.89 bits per heavy atom. The van der Waals surface area contributed by atoms with Crippen molar-refractivity contribution in [3.8, 4) is 0 Å². The molecule has 0 saturated carbocycles. The molecule has 0 atom stereocenters. The topological polar surface area (TPSA) is 73.8 Å². The van der Waals surface area contributed by atoms with Crippen LogP contribution in [0, 0.1) is 0 Å². The van der Waals surface area contributed by atoms with Gasteiger partial charge < -0.3 is 5.73 Å². The standard InChI is InChI=1S/C3H4N4O.Na.H/c4-3(8)7-5-1-2-6-7;;/h1-2H,(H2,4,8);;. The van der Waals surface area contributed by atoms with Gasteiger partial charge in [-0.3, -0.25) is 0 Å². The van der Waals surface area contributed by atoms with Crippen molar-refractivity contribution in [1.82, 2.24) is 15.0 Å². The van der Waals surface area contributed by atoms with Gasteiger partial charge in [0.15, 0.2) is 0 Å². The summed E-state index contributed by atoms with van der Waals surface area (Å²) in [6, 6.07) is -0.671. The van der Waals surface area contributed by atoms with Crippen LogP contribution in [0.15, 0.2) is 12.4 Å². The Bertz CT molecular complexity index is 184. The number of nitrogens with zero attached hydrogens (tertiary/aromatic N) is 3. The van der Waals surface area contributed by atoms with Crippen molar-refractivity contribution in [3.63, 3.8) is 0 Å². The van der Waals surface area contributed by atoms with Gasteiger partial charge in [0.25, 0.3) is 0 Å².